The molecule has 0 unspecified atom stereocenters. The molecular formula is C16H20N2O2S. The van der Waals surface area contributed by atoms with Crippen LogP contribution < -0.4 is 4.74 Å². The van der Waals surface area contributed by atoms with E-state index in [1.807, 2.05) is 47.9 Å². The average Bonchev–Trinajstić information content (AvgIpc) is 2.72. The number of ether oxygens (including phenoxy) is 1. The number of hydrogen-bond donors (Lipinski definition) is 1. The summed E-state index contributed by atoms with van der Waals surface area (Å²) in [4.78, 5) is 17.8. The fourth-order valence-corrected chi connectivity index (χ4v) is 3.48. The standard InChI is InChI=1S/C16H20N2O2S/c1-2-20-13-5-4-12-10-15(17-14(12)11-13)16(19)18-6-3-8-21-9-7-18/h4-5,10-11,17H,2-3,6-9H2,1H3. The summed E-state index contributed by atoms with van der Waals surface area (Å²) < 4.78 is 5.50. The monoisotopic (exact) mass is 304 g/mol. The molecule has 1 saturated heterocycles. The minimum atomic E-state index is 0.103. The number of nitrogens with zero attached hydrogens (tertiary/aromatic N) is 1. The summed E-state index contributed by atoms with van der Waals surface area (Å²) in [7, 11) is 0. The van der Waals surface area contributed by atoms with Crippen molar-refractivity contribution in [2.24, 2.45) is 0 Å². The number of benzene rings is 1. The third-order valence-electron chi connectivity index (χ3n) is 3.64. The normalized spacial score (nSPS) is 16.0. The maximum Gasteiger partial charge on any atom is 0.270 e. The van der Waals surface area contributed by atoms with Crippen molar-refractivity contribution in [1.29, 1.82) is 0 Å². The Morgan fingerprint density at radius 2 is 2.24 bits per heavy atom. The Morgan fingerprint density at radius 3 is 3.10 bits per heavy atom. The van der Waals surface area contributed by atoms with E-state index in [-0.39, 0.29) is 5.91 Å². The highest BCUT2D eigenvalue weighted by Crippen LogP contribution is 2.22. The van der Waals surface area contributed by atoms with Crippen LogP contribution in [0.5, 0.6) is 5.75 Å². The topological polar surface area (TPSA) is 45.3 Å². The van der Waals surface area contributed by atoms with Gasteiger partial charge in [-0.05, 0) is 37.3 Å². The Bertz CT molecular complexity index is 630. The van der Waals surface area contributed by atoms with Crippen molar-refractivity contribution in [3.63, 3.8) is 0 Å². The summed E-state index contributed by atoms with van der Waals surface area (Å²) in [6.45, 7) is 4.29. The molecule has 1 aliphatic rings. The van der Waals surface area contributed by atoms with Crippen molar-refractivity contribution in [1.82, 2.24) is 9.88 Å². The number of hydrogen-bond acceptors (Lipinski definition) is 3. The van der Waals surface area contributed by atoms with Gasteiger partial charge in [0, 0.05) is 35.8 Å². The van der Waals surface area contributed by atoms with E-state index in [1.165, 1.54) is 0 Å². The molecule has 1 aliphatic heterocycles. The molecule has 112 valence electrons. The van der Waals surface area contributed by atoms with E-state index in [1.54, 1.807) is 0 Å². The number of carbonyl (C=O) groups excluding carboxylic acids is 1. The molecule has 1 amide bonds. The van der Waals surface area contributed by atoms with Crippen LogP contribution in [0.1, 0.15) is 23.8 Å². The average molecular weight is 304 g/mol. The van der Waals surface area contributed by atoms with Gasteiger partial charge in [-0.25, -0.2) is 0 Å². The van der Waals surface area contributed by atoms with E-state index < -0.39 is 0 Å². The number of amides is 1. The third-order valence-corrected chi connectivity index (χ3v) is 4.69. The zero-order valence-electron chi connectivity index (χ0n) is 12.2. The predicted molar refractivity (Wildman–Crippen MR) is 87.3 cm³/mol. The minimum Gasteiger partial charge on any atom is -0.494 e. The summed E-state index contributed by atoms with van der Waals surface area (Å²) in [5.41, 5.74) is 1.62. The molecule has 0 spiro atoms. The van der Waals surface area contributed by atoms with Crippen LogP contribution in [0.25, 0.3) is 10.9 Å². The van der Waals surface area contributed by atoms with Gasteiger partial charge in [0.2, 0.25) is 0 Å². The largest absolute Gasteiger partial charge is 0.494 e. The van der Waals surface area contributed by atoms with Crippen LogP contribution in [-0.4, -0.2) is 47.0 Å². The molecule has 1 aromatic carbocycles. The number of aromatic nitrogens is 1. The molecule has 2 aromatic rings. The Morgan fingerprint density at radius 1 is 1.33 bits per heavy atom. The maximum absolute atomic E-state index is 12.6. The second-order valence-corrected chi connectivity index (χ2v) is 6.35. The Kier molecular flexibility index (Phi) is 4.39. The summed E-state index contributed by atoms with van der Waals surface area (Å²) in [6.07, 6.45) is 1.07. The van der Waals surface area contributed by atoms with E-state index in [4.69, 9.17) is 4.74 Å². The number of H-pyrrole nitrogens is 1. The molecule has 0 atom stereocenters. The molecule has 2 heterocycles. The number of aromatic amines is 1. The zero-order chi connectivity index (χ0) is 14.7. The lowest BCUT2D eigenvalue weighted by atomic mass is 10.2. The van der Waals surface area contributed by atoms with Crippen LogP contribution in [0.3, 0.4) is 0 Å². The van der Waals surface area contributed by atoms with Gasteiger partial charge in [0.25, 0.3) is 5.91 Å². The first-order valence-corrected chi connectivity index (χ1v) is 8.56. The molecule has 0 radical (unpaired) electrons. The van der Waals surface area contributed by atoms with Gasteiger partial charge in [0.1, 0.15) is 11.4 Å². The second kappa shape index (κ2) is 6.43. The minimum absolute atomic E-state index is 0.103. The predicted octanol–water partition coefficient (Wildman–Crippen LogP) is 3.15. The van der Waals surface area contributed by atoms with Crippen molar-refractivity contribution < 1.29 is 9.53 Å². The molecule has 1 N–H and O–H groups in total. The molecule has 4 nitrogen and oxygen atoms in total. The summed E-state index contributed by atoms with van der Waals surface area (Å²) in [5, 5.41) is 1.05. The molecule has 1 aromatic heterocycles. The van der Waals surface area contributed by atoms with Gasteiger partial charge in [-0.15, -0.1) is 0 Å². The first kappa shape index (κ1) is 14.3. The zero-order valence-corrected chi connectivity index (χ0v) is 13.0. The van der Waals surface area contributed by atoms with Crippen LogP contribution in [-0.2, 0) is 0 Å². The van der Waals surface area contributed by atoms with Crippen molar-refractivity contribution in [3.8, 4) is 5.75 Å². The van der Waals surface area contributed by atoms with Gasteiger partial charge < -0.3 is 14.6 Å². The van der Waals surface area contributed by atoms with Crippen LogP contribution in [0, 0.1) is 0 Å². The highest BCUT2D eigenvalue weighted by molar-refractivity contribution is 7.99. The number of thioether (sulfide) groups is 1. The lowest BCUT2D eigenvalue weighted by Crippen LogP contribution is -2.33. The quantitative estimate of drug-likeness (QED) is 0.947. The Hall–Kier alpha value is -1.62. The molecule has 21 heavy (non-hydrogen) atoms. The number of rotatable bonds is 3. The van der Waals surface area contributed by atoms with Crippen molar-refractivity contribution >= 4 is 28.6 Å². The fraction of sp³-hybridized carbons (Fsp3) is 0.438. The molecule has 0 aliphatic carbocycles. The summed E-state index contributed by atoms with van der Waals surface area (Å²) in [5.74, 6) is 3.11. The first-order chi connectivity index (χ1) is 10.3. The molecule has 1 fully saturated rings. The molecule has 0 bridgehead atoms. The second-order valence-electron chi connectivity index (χ2n) is 5.12. The van der Waals surface area contributed by atoms with Crippen LogP contribution in [0.2, 0.25) is 0 Å². The van der Waals surface area contributed by atoms with E-state index in [0.29, 0.717) is 12.3 Å². The van der Waals surface area contributed by atoms with Crippen LogP contribution >= 0.6 is 11.8 Å². The fourth-order valence-electron chi connectivity index (χ4n) is 2.60. The van der Waals surface area contributed by atoms with E-state index in [2.05, 4.69) is 4.98 Å². The summed E-state index contributed by atoms with van der Waals surface area (Å²) in [6, 6.07) is 7.82. The molecule has 5 heteroatoms. The van der Waals surface area contributed by atoms with Gasteiger partial charge in [-0.3, -0.25) is 4.79 Å². The van der Waals surface area contributed by atoms with E-state index in [9.17, 15) is 4.79 Å². The lowest BCUT2D eigenvalue weighted by molar-refractivity contribution is 0.0763. The van der Waals surface area contributed by atoms with Gasteiger partial charge >= 0.3 is 0 Å². The number of carbonyl (C=O) groups is 1. The first-order valence-electron chi connectivity index (χ1n) is 7.40. The molecule has 0 saturated carbocycles. The van der Waals surface area contributed by atoms with Crippen LogP contribution in [0.4, 0.5) is 0 Å². The van der Waals surface area contributed by atoms with Gasteiger partial charge in [-0.2, -0.15) is 11.8 Å². The van der Waals surface area contributed by atoms with Crippen molar-refractivity contribution in [3.05, 3.63) is 30.0 Å². The number of fused-ring (bicyclic) bond motifs is 1. The Labute approximate surface area is 128 Å². The van der Waals surface area contributed by atoms with Crippen molar-refractivity contribution in [2.45, 2.75) is 13.3 Å². The third kappa shape index (κ3) is 3.18. The molecular weight excluding hydrogens is 284 g/mol. The van der Waals surface area contributed by atoms with E-state index >= 15 is 0 Å². The maximum atomic E-state index is 12.6. The highest BCUT2D eigenvalue weighted by Gasteiger charge is 2.19. The number of nitrogens with one attached hydrogen (secondary N) is 1. The highest BCUT2D eigenvalue weighted by atomic mass is 32.2. The van der Waals surface area contributed by atoms with E-state index in [0.717, 1.165) is 47.7 Å². The SMILES string of the molecule is CCOc1ccc2cc(C(=O)N3CCCSCC3)[nH]c2c1. The lowest BCUT2D eigenvalue weighted by Gasteiger charge is -2.18. The molecule has 3 rings (SSSR count). The Balaban J connectivity index is 1.84. The smallest absolute Gasteiger partial charge is 0.270 e. The van der Waals surface area contributed by atoms with Gasteiger partial charge in [0.05, 0.1) is 6.61 Å². The van der Waals surface area contributed by atoms with Gasteiger partial charge in [-0.1, -0.05) is 0 Å². The van der Waals surface area contributed by atoms with Gasteiger partial charge in [0.15, 0.2) is 0 Å². The summed E-state index contributed by atoms with van der Waals surface area (Å²) >= 11 is 1.92. The van der Waals surface area contributed by atoms with Crippen molar-refractivity contribution in [2.75, 3.05) is 31.2 Å². The van der Waals surface area contributed by atoms with Crippen LogP contribution in [0.15, 0.2) is 24.3 Å².